The monoisotopic (exact) mass is 191 g/mol. The molecule has 0 heterocycles. The molecule has 0 bridgehead atoms. The van der Waals surface area contributed by atoms with Gasteiger partial charge in [0.2, 0.25) is 0 Å². The van der Waals surface area contributed by atoms with Gasteiger partial charge in [0.25, 0.3) is 0 Å². The first kappa shape index (κ1) is 10.3. The van der Waals surface area contributed by atoms with Crippen LogP contribution in [0.1, 0.15) is 12.5 Å². The summed E-state index contributed by atoms with van der Waals surface area (Å²) >= 11 is 0. The lowest BCUT2D eigenvalue weighted by Gasteiger charge is -2.05. The fraction of sp³-hybridized carbons (Fsp3) is 0.182. The number of aliphatic carboxylic acids is 1. The van der Waals surface area contributed by atoms with Gasteiger partial charge < -0.3 is 10.4 Å². The van der Waals surface area contributed by atoms with Crippen molar-refractivity contribution < 1.29 is 9.90 Å². The van der Waals surface area contributed by atoms with Gasteiger partial charge in [-0.1, -0.05) is 36.4 Å². The molecule has 0 atom stereocenters. The lowest BCUT2D eigenvalue weighted by Crippen LogP contribution is -2.19. The summed E-state index contributed by atoms with van der Waals surface area (Å²) in [5.41, 5.74) is 1.29. The van der Waals surface area contributed by atoms with Crippen LogP contribution in [0.25, 0.3) is 0 Å². The maximum absolute atomic E-state index is 10.6. The normalized spacial score (nSPS) is 11.1. The molecular formula is C11H13NO2. The molecule has 74 valence electrons. The number of carboxylic acid groups (broad SMARTS) is 1. The first-order valence-electron chi connectivity index (χ1n) is 4.41. The third-order valence-electron chi connectivity index (χ3n) is 1.84. The molecule has 0 radical (unpaired) electrons. The Kier molecular flexibility index (Phi) is 3.73. The molecule has 3 nitrogen and oxygen atoms in total. The number of carbonyl (C=O) groups is 1. The van der Waals surface area contributed by atoms with E-state index in [0.29, 0.717) is 6.54 Å². The van der Waals surface area contributed by atoms with Crippen molar-refractivity contribution in [3.63, 3.8) is 0 Å². The highest BCUT2D eigenvalue weighted by molar-refractivity contribution is 5.85. The third kappa shape index (κ3) is 2.94. The van der Waals surface area contributed by atoms with Gasteiger partial charge >= 0.3 is 5.97 Å². The number of nitrogens with one attached hydrogen (secondary N) is 1. The number of carboxylic acids is 1. The van der Waals surface area contributed by atoms with Crippen LogP contribution in [0, 0.1) is 0 Å². The van der Waals surface area contributed by atoms with Gasteiger partial charge in [-0.25, -0.2) is 4.79 Å². The van der Waals surface area contributed by atoms with Gasteiger partial charge in [0.1, 0.15) is 5.70 Å². The molecule has 0 aromatic heterocycles. The second-order valence-corrected chi connectivity index (χ2v) is 2.85. The Labute approximate surface area is 83.1 Å². The van der Waals surface area contributed by atoms with E-state index in [2.05, 4.69) is 5.32 Å². The fourth-order valence-electron chi connectivity index (χ4n) is 1.09. The van der Waals surface area contributed by atoms with Gasteiger partial charge in [-0.2, -0.15) is 0 Å². The van der Waals surface area contributed by atoms with Crippen LogP contribution in [0.5, 0.6) is 0 Å². The molecule has 2 N–H and O–H groups in total. The predicted octanol–water partition coefficient (Wildman–Crippen LogP) is 1.76. The van der Waals surface area contributed by atoms with E-state index in [-0.39, 0.29) is 5.70 Å². The van der Waals surface area contributed by atoms with Gasteiger partial charge in [-0.3, -0.25) is 0 Å². The van der Waals surface area contributed by atoms with Crippen molar-refractivity contribution in [1.82, 2.24) is 5.32 Å². The van der Waals surface area contributed by atoms with E-state index in [1.807, 2.05) is 30.3 Å². The molecule has 0 aliphatic carbocycles. The molecule has 0 saturated carbocycles. The number of hydrogen-bond donors (Lipinski definition) is 2. The van der Waals surface area contributed by atoms with Crippen LogP contribution in [-0.4, -0.2) is 11.1 Å². The quantitative estimate of drug-likeness (QED) is 0.713. The zero-order valence-corrected chi connectivity index (χ0v) is 8.03. The number of allylic oxidation sites excluding steroid dienone is 1. The summed E-state index contributed by atoms with van der Waals surface area (Å²) in [6, 6.07) is 9.67. The molecule has 0 amide bonds. The van der Waals surface area contributed by atoms with Crippen molar-refractivity contribution in [2.45, 2.75) is 13.5 Å². The van der Waals surface area contributed by atoms with Crippen LogP contribution in [0.2, 0.25) is 0 Å². The summed E-state index contributed by atoms with van der Waals surface area (Å²) in [7, 11) is 0. The standard InChI is InChI=1S/C11H13NO2/c1-2-10(11(13)14)12-8-9-6-4-3-5-7-9/h2-7,12H,8H2,1H3,(H,13,14)/b10-2-. The molecule has 0 saturated heterocycles. The van der Waals surface area contributed by atoms with Crippen LogP contribution in [-0.2, 0) is 11.3 Å². The van der Waals surface area contributed by atoms with E-state index in [4.69, 9.17) is 5.11 Å². The maximum Gasteiger partial charge on any atom is 0.351 e. The Hall–Kier alpha value is -1.77. The Morgan fingerprint density at radius 2 is 2.07 bits per heavy atom. The Bertz CT molecular complexity index is 330. The van der Waals surface area contributed by atoms with Crippen molar-refractivity contribution in [2.75, 3.05) is 0 Å². The molecule has 14 heavy (non-hydrogen) atoms. The van der Waals surface area contributed by atoms with Crippen molar-refractivity contribution >= 4 is 5.97 Å². The van der Waals surface area contributed by atoms with Crippen molar-refractivity contribution in [3.05, 3.63) is 47.7 Å². The molecule has 0 spiro atoms. The summed E-state index contributed by atoms with van der Waals surface area (Å²) in [4.78, 5) is 10.6. The number of hydrogen-bond acceptors (Lipinski definition) is 2. The summed E-state index contributed by atoms with van der Waals surface area (Å²) in [5.74, 6) is -0.927. The maximum atomic E-state index is 10.6. The van der Waals surface area contributed by atoms with Gasteiger partial charge in [-0.15, -0.1) is 0 Å². The summed E-state index contributed by atoms with van der Waals surface area (Å²) in [6.45, 7) is 2.23. The van der Waals surface area contributed by atoms with Crippen molar-refractivity contribution in [3.8, 4) is 0 Å². The average molecular weight is 191 g/mol. The highest BCUT2D eigenvalue weighted by Gasteiger charge is 2.03. The van der Waals surface area contributed by atoms with E-state index in [1.165, 1.54) is 0 Å². The molecule has 1 rings (SSSR count). The lowest BCUT2D eigenvalue weighted by molar-refractivity contribution is -0.133. The molecule has 0 fully saturated rings. The van der Waals surface area contributed by atoms with Crippen LogP contribution < -0.4 is 5.32 Å². The number of benzene rings is 1. The highest BCUT2D eigenvalue weighted by Crippen LogP contribution is 1.99. The summed E-state index contributed by atoms with van der Waals surface area (Å²) in [6.07, 6.45) is 1.55. The molecule has 0 aliphatic heterocycles. The van der Waals surface area contributed by atoms with Gasteiger partial charge in [-0.05, 0) is 12.5 Å². The second-order valence-electron chi connectivity index (χ2n) is 2.85. The van der Waals surface area contributed by atoms with Crippen LogP contribution in [0.3, 0.4) is 0 Å². The zero-order valence-electron chi connectivity index (χ0n) is 8.03. The smallest absolute Gasteiger partial charge is 0.351 e. The molecular weight excluding hydrogens is 178 g/mol. The first-order chi connectivity index (χ1) is 6.74. The van der Waals surface area contributed by atoms with E-state index in [1.54, 1.807) is 13.0 Å². The average Bonchev–Trinajstić information content (AvgIpc) is 2.20. The minimum Gasteiger partial charge on any atom is -0.477 e. The Morgan fingerprint density at radius 3 is 2.57 bits per heavy atom. The second kappa shape index (κ2) is 5.07. The summed E-state index contributed by atoms with van der Waals surface area (Å²) < 4.78 is 0. The Morgan fingerprint density at radius 1 is 1.43 bits per heavy atom. The van der Waals surface area contributed by atoms with Crippen LogP contribution in [0.15, 0.2) is 42.1 Å². The predicted molar refractivity (Wildman–Crippen MR) is 54.7 cm³/mol. The van der Waals surface area contributed by atoms with Crippen molar-refractivity contribution in [2.24, 2.45) is 0 Å². The number of rotatable bonds is 4. The van der Waals surface area contributed by atoms with Gasteiger partial charge in [0, 0.05) is 6.54 Å². The zero-order chi connectivity index (χ0) is 10.4. The SMILES string of the molecule is C/C=C(\NCc1ccccc1)C(=O)O. The van der Waals surface area contributed by atoms with Crippen molar-refractivity contribution in [1.29, 1.82) is 0 Å². The van der Waals surface area contributed by atoms with E-state index in [9.17, 15) is 4.79 Å². The first-order valence-corrected chi connectivity index (χ1v) is 4.41. The minimum atomic E-state index is -0.927. The van der Waals surface area contributed by atoms with E-state index >= 15 is 0 Å². The molecule has 1 aromatic carbocycles. The molecule has 0 unspecified atom stereocenters. The van der Waals surface area contributed by atoms with Crippen LogP contribution in [0.4, 0.5) is 0 Å². The van der Waals surface area contributed by atoms with Gasteiger partial charge in [0.05, 0.1) is 0 Å². The largest absolute Gasteiger partial charge is 0.477 e. The van der Waals surface area contributed by atoms with E-state index < -0.39 is 5.97 Å². The Balaban J connectivity index is 2.53. The fourth-order valence-corrected chi connectivity index (χ4v) is 1.09. The molecule has 0 aliphatic rings. The topological polar surface area (TPSA) is 49.3 Å². The van der Waals surface area contributed by atoms with E-state index in [0.717, 1.165) is 5.56 Å². The summed E-state index contributed by atoms with van der Waals surface area (Å²) in [5, 5.41) is 11.6. The van der Waals surface area contributed by atoms with Crippen LogP contribution >= 0.6 is 0 Å². The molecule has 3 heteroatoms. The minimum absolute atomic E-state index is 0.230. The lowest BCUT2D eigenvalue weighted by atomic mass is 10.2. The molecule has 1 aromatic rings. The van der Waals surface area contributed by atoms with Gasteiger partial charge in [0.15, 0.2) is 0 Å². The highest BCUT2D eigenvalue weighted by atomic mass is 16.4. The third-order valence-corrected chi connectivity index (χ3v) is 1.84.